The van der Waals surface area contributed by atoms with Crippen molar-refractivity contribution in [3.8, 4) is 0 Å². The Balaban J connectivity index is 2.12. The maximum absolute atomic E-state index is 6.25. The number of nitrogens with zero attached hydrogens (tertiary/aromatic N) is 1. The molecule has 0 radical (unpaired) electrons. The van der Waals surface area contributed by atoms with Gasteiger partial charge >= 0.3 is 0 Å². The minimum Gasteiger partial charge on any atom is -0.378 e. The van der Waals surface area contributed by atoms with Crippen LogP contribution in [0.5, 0.6) is 0 Å². The van der Waals surface area contributed by atoms with Crippen LogP contribution < -0.4 is 5.73 Å². The van der Waals surface area contributed by atoms with Crippen LogP contribution >= 0.6 is 0 Å². The van der Waals surface area contributed by atoms with Gasteiger partial charge in [0, 0.05) is 24.7 Å². The second-order valence-electron chi connectivity index (χ2n) is 6.42. The van der Waals surface area contributed by atoms with Gasteiger partial charge in [0.25, 0.3) is 0 Å². The van der Waals surface area contributed by atoms with Crippen molar-refractivity contribution in [3.05, 3.63) is 0 Å². The molecule has 0 amide bonds. The highest BCUT2D eigenvalue weighted by Crippen LogP contribution is 2.37. The molecule has 2 N–H and O–H groups in total. The van der Waals surface area contributed by atoms with Crippen molar-refractivity contribution in [3.63, 3.8) is 0 Å². The first-order valence-corrected chi connectivity index (χ1v) is 8.34. The summed E-state index contributed by atoms with van der Waals surface area (Å²) in [7, 11) is 0. The van der Waals surface area contributed by atoms with E-state index in [-0.39, 0.29) is 5.54 Å². The molecule has 0 spiro atoms. The van der Waals surface area contributed by atoms with Gasteiger partial charge in [0.2, 0.25) is 0 Å². The van der Waals surface area contributed by atoms with Crippen LogP contribution in [0.25, 0.3) is 0 Å². The zero-order valence-corrected chi connectivity index (χ0v) is 12.9. The fraction of sp³-hybridized carbons (Fsp3) is 1.00. The van der Waals surface area contributed by atoms with Gasteiger partial charge in [-0.2, -0.15) is 0 Å². The summed E-state index contributed by atoms with van der Waals surface area (Å²) in [5, 5.41) is 0. The third-order valence-corrected chi connectivity index (χ3v) is 5.22. The summed E-state index contributed by atoms with van der Waals surface area (Å²) >= 11 is 0. The number of rotatable bonds is 5. The second-order valence-corrected chi connectivity index (χ2v) is 6.42. The smallest absolute Gasteiger partial charge is 0.0590 e. The van der Waals surface area contributed by atoms with Gasteiger partial charge in [0.15, 0.2) is 0 Å². The molecule has 2 aliphatic heterocycles. The van der Waals surface area contributed by atoms with E-state index >= 15 is 0 Å². The summed E-state index contributed by atoms with van der Waals surface area (Å²) in [6.45, 7) is 7.48. The minimum absolute atomic E-state index is 0.221. The van der Waals surface area contributed by atoms with Crippen molar-refractivity contribution in [1.82, 2.24) is 4.90 Å². The number of hydrogen-bond acceptors (Lipinski definition) is 3. The van der Waals surface area contributed by atoms with E-state index in [1.54, 1.807) is 0 Å². The highest BCUT2D eigenvalue weighted by molar-refractivity contribution is 4.99. The van der Waals surface area contributed by atoms with Gasteiger partial charge < -0.3 is 10.5 Å². The van der Waals surface area contributed by atoms with Gasteiger partial charge in [0.05, 0.1) is 6.10 Å². The van der Waals surface area contributed by atoms with E-state index in [9.17, 15) is 0 Å². The van der Waals surface area contributed by atoms with Crippen molar-refractivity contribution < 1.29 is 4.74 Å². The molecule has 3 unspecified atom stereocenters. The van der Waals surface area contributed by atoms with Crippen LogP contribution in [-0.2, 0) is 4.74 Å². The molecule has 2 rings (SSSR count). The molecular formula is C16H32N2O. The van der Waals surface area contributed by atoms with Crippen molar-refractivity contribution in [1.29, 1.82) is 0 Å². The lowest BCUT2D eigenvalue weighted by atomic mass is 9.80. The molecule has 2 fully saturated rings. The van der Waals surface area contributed by atoms with Gasteiger partial charge in [-0.25, -0.2) is 0 Å². The summed E-state index contributed by atoms with van der Waals surface area (Å²) in [5.74, 6) is 0. The van der Waals surface area contributed by atoms with Crippen LogP contribution in [0.15, 0.2) is 0 Å². The maximum Gasteiger partial charge on any atom is 0.0590 e. The quantitative estimate of drug-likeness (QED) is 0.833. The van der Waals surface area contributed by atoms with Crippen LogP contribution in [0.4, 0.5) is 0 Å². The van der Waals surface area contributed by atoms with Crippen LogP contribution in [0.2, 0.25) is 0 Å². The van der Waals surface area contributed by atoms with E-state index in [0.29, 0.717) is 6.10 Å². The Bertz CT molecular complexity index is 269. The molecule has 3 nitrogen and oxygen atoms in total. The fourth-order valence-corrected chi connectivity index (χ4v) is 4.08. The number of ether oxygens (including phenoxy) is 1. The Morgan fingerprint density at radius 1 is 1.32 bits per heavy atom. The average Bonchev–Trinajstić information content (AvgIpc) is 2.48. The molecule has 0 saturated carbocycles. The number of piperidine rings is 1. The Labute approximate surface area is 118 Å². The summed E-state index contributed by atoms with van der Waals surface area (Å²) in [4.78, 5) is 2.78. The molecule has 2 aliphatic rings. The lowest BCUT2D eigenvalue weighted by molar-refractivity contribution is -0.0930. The number of nitrogens with two attached hydrogens (primary N) is 1. The first kappa shape index (κ1) is 15.3. The molecule has 112 valence electrons. The average molecular weight is 268 g/mol. The van der Waals surface area contributed by atoms with E-state index in [4.69, 9.17) is 10.5 Å². The number of likely N-dealkylation sites (tertiary alicyclic amines) is 1. The van der Waals surface area contributed by atoms with Crippen molar-refractivity contribution in [2.24, 2.45) is 5.73 Å². The maximum atomic E-state index is 6.25. The summed E-state index contributed by atoms with van der Waals surface area (Å²) in [6, 6.07) is 0.762. The Kier molecular flexibility index (Phi) is 5.67. The first-order valence-electron chi connectivity index (χ1n) is 8.34. The molecule has 0 bridgehead atoms. The van der Waals surface area contributed by atoms with Gasteiger partial charge in [-0.1, -0.05) is 26.7 Å². The van der Waals surface area contributed by atoms with Crippen LogP contribution in [-0.4, -0.2) is 42.3 Å². The van der Waals surface area contributed by atoms with Gasteiger partial charge in [-0.15, -0.1) is 0 Å². The van der Waals surface area contributed by atoms with Crippen molar-refractivity contribution in [2.45, 2.75) is 82.9 Å². The fourth-order valence-electron chi connectivity index (χ4n) is 4.08. The molecule has 3 heteroatoms. The monoisotopic (exact) mass is 268 g/mol. The Morgan fingerprint density at radius 2 is 2.16 bits per heavy atom. The predicted molar refractivity (Wildman–Crippen MR) is 80.3 cm³/mol. The molecule has 0 aromatic heterocycles. The van der Waals surface area contributed by atoms with Crippen LogP contribution in [0, 0.1) is 0 Å². The van der Waals surface area contributed by atoms with E-state index in [2.05, 4.69) is 18.7 Å². The van der Waals surface area contributed by atoms with Crippen molar-refractivity contribution >= 4 is 0 Å². The summed E-state index contributed by atoms with van der Waals surface area (Å²) in [5.41, 5.74) is 6.47. The van der Waals surface area contributed by atoms with E-state index in [1.807, 2.05) is 0 Å². The van der Waals surface area contributed by atoms with E-state index < -0.39 is 0 Å². The first-order chi connectivity index (χ1) is 9.25. The molecule has 2 heterocycles. The number of hydrogen-bond donors (Lipinski definition) is 1. The molecule has 2 saturated heterocycles. The Hall–Kier alpha value is -0.120. The van der Waals surface area contributed by atoms with Gasteiger partial charge in [-0.3, -0.25) is 4.90 Å². The molecule has 19 heavy (non-hydrogen) atoms. The van der Waals surface area contributed by atoms with Crippen molar-refractivity contribution in [2.75, 3.05) is 19.7 Å². The lowest BCUT2D eigenvalue weighted by Crippen LogP contribution is -2.62. The minimum atomic E-state index is 0.221. The highest BCUT2D eigenvalue weighted by atomic mass is 16.5. The molecule has 0 aliphatic carbocycles. The normalized spacial score (nSPS) is 37.4. The van der Waals surface area contributed by atoms with Gasteiger partial charge in [0.1, 0.15) is 0 Å². The third-order valence-electron chi connectivity index (χ3n) is 5.22. The zero-order chi connectivity index (χ0) is 13.7. The SMILES string of the molecule is CCCC1CCCCN1C1(CN)CCOC(CC)C1. The topological polar surface area (TPSA) is 38.5 Å². The Morgan fingerprint density at radius 3 is 2.84 bits per heavy atom. The predicted octanol–water partition coefficient (Wildman–Crippen LogP) is 2.93. The van der Waals surface area contributed by atoms with E-state index in [0.717, 1.165) is 38.5 Å². The largest absolute Gasteiger partial charge is 0.378 e. The summed E-state index contributed by atoms with van der Waals surface area (Å²) in [6.07, 6.45) is 10.5. The van der Waals surface area contributed by atoms with Gasteiger partial charge in [-0.05, 0) is 45.1 Å². The molecule has 0 aromatic rings. The lowest BCUT2D eigenvalue weighted by Gasteiger charge is -2.53. The highest BCUT2D eigenvalue weighted by Gasteiger charge is 2.43. The summed E-state index contributed by atoms with van der Waals surface area (Å²) < 4.78 is 5.89. The standard InChI is InChI=1S/C16H32N2O/c1-3-7-14-8-5-6-10-18(14)16(13-17)9-11-19-15(4-2)12-16/h14-15H,3-13,17H2,1-2H3. The second kappa shape index (κ2) is 7.05. The molecule has 3 atom stereocenters. The third kappa shape index (κ3) is 3.32. The van der Waals surface area contributed by atoms with Crippen LogP contribution in [0.3, 0.4) is 0 Å². The molecule has 0 aromatic carbocycles. The van der Waals surface area contributed by atoms with E-state index in [1.165, 1.54) is 38.6 Å². The molecular weight excluding hydrogens is 236 g/mol. The zero-order valence-electron chi connectivity index (χ0n) is 12.9. The van der Waals surface area contributed by atoms with Crippen LogP contribution in [0.1, 0.15) is 65.2 Å².